The zero-order valence-electron chi connectivity index (χ0n) is 6.71. The molecule has 84 valence electrons. The fourth-order valence-corrected chi connectivity index (χ4v) is 0.305. The third kappa shape index (κ3) is 5.05. The number of halogens is 6. The van der Waals surface area contributed by atoms with E-state index in [9.17, 15) is 31.1 Å². The normalized spacial score (nSPS) is 16.4. The molecule has 0 N–H and O–H groups in total. The van der Waals surface area contributed by atoms with Gasteiger partial charge in [-0.1, -0.05) is 0 Å². The number of Topliss-reactive ketones (excluding diaryl/α,β-unsaturated/α-hetero) is 1. The Balaban J connectivity index is 0.000000344. The van der Waals surface area contributed by atoms with Gasteiger partial charge in [-0.2, -0.15) is 26.3 Å². The van der Waals surface area contributed by atoms with Gasteiger partial charge in [0.05, 0.1) is 0 Å². The number of alkyl halides is 6. The van der Waals surface area contributed by atoms with Crippen LogP contribution in [0.4, 0.5) is 26.3 Å². The molecule has 0 spiro atoms. The van der Waals surface area contributed by atoms with Crippen LogP contribution in [0.5, 0.6) is 0 Å². The second-order valence-electron chi connectivity index (χ2n) is 2.29. The summed E-state index contributed by atoms with van der Waals surface area (Å²) in [5.74, 6) is -3.68. The third-order valence-corrected chi connectivity index (χ3v) is 1.09. The predicted molar refractivity (Wildman–Crippen MR) is 32.6 cm³/mol. The van der Waals surface area contributed by atoms with E-state index in [0.29, 0.717) is 0 Å². The molecule has 1 aliphatic heterocycles. The summed E-state index contributed by atoms with van der Waals surface area (Å²) >= 11 is 0. The summed E-state index contributed by atoms with van der Waals surface area (Å²) in [4.78, 5) is 9.24. The van der Waals surface area contributed by atoms with E-state index in [1.807, 2.05) is 0 Å². The molecule has 1 fully saturated rings. The Morgan fingerprint density at radius 1 is 0.929 bits per heavy atom. The third-order valence-electron chi connectivity index (χ3n) is 1.09. The lowest BCUT2D eigenvalue weighted by molar-refractivity contribution is -0.217. The van der Waals surface area contributed by atoms with Gasteiger partial charge in [0, 0.05) is 13.2 Å². The Labute approximate surface area is 74.8 Å². The number of carbonyl (C=O) groups is 1. The molecule has 2 nitrogen and oxygen atoms in total. The molecular formula is C6H6F6O2. The molecule has 0 saturated carbocycles. The van der Waals surface area contributed by atoms with Gasteiger partial charge in [-0.25, -0.2) is 0 Å². The summed E-state index contributed by atoms with van der Waals surface area (Å²) in [6, 6.07) is 0. The summed E-state index contributed by atoms with van der Waals surface area (Å²) in [6.45, 7) is 2.00. The van der Waals surface area contributed by atoms with E-state index >= 15 is 0 Å². The minimum absolute atomic E-state index is 1.00. The van der Waals surface area contributed by atoms with Gasteiger partial charge in [-0.05, 0) is 6.42 Å². The van der Waals surface area contributed by atoms with E-state index < -0.39 is 18.1 Å². The first-order valence-electron chi connectivity index (χ1n) is 3.42. The first-order chi connectivity index (χ1) is 6.15. The van der Waals surface area contributed by atoms with Crippen molar-refractivity contribution in [2.75, 3.05) is 13.2 Å². The number of hydrogen-bond donors (Lipinski definition) is 0. The largest absolute Gasteiger partial charge is 0.459 e. The molecule has 0 aromatic rings. The highest BCUT2D eigenvalue weighted by atomic mass is 19.4. The van der Waals surface area contributed by atoms with Crippen molar-refractivity contribution in [3.05, 3.63) is 0 Å². The van der Waals surface area contributed by atoms with Crippen molar-refractivity contribution in [1.82, 2.24) is 0 Å². The van der Waals surface area contributed by atoms with Crippen LogP contribution in [0, 0.1) is 0 Å². The van der Waals surface area contributed by atoms with Crippen LogP contribution in [0.15, 0.2) is 0 Å². The molecule has 0 amide bonds. The van der Waals surface area contributed by atoms with E-state index in [-0.39, 0.29) is 0 Å². The smallest absolute Gasteiger partial charge is 0.381 e. The van der Waals surface area contributed by atoms with E-state index in [2.05, 4.69) is 0 Å². The van der Waals surface area contributed by atoms with Crippen molar-refractivity contribution in [1.29, 1.82) is 0 Å². The molecule has 1 aliphatic rings. The predicted octanol–water partition coefficient (Wildman–Crippen LogP) is 2.09. The maximum Gasteiger partial charge on any atom is 0.459 e. The highest BCUT2D eigenvalue weighted by molar-refractivity contribution is 5.89. The van der Waals surface area contributed by atoms with Gasteiger partial charge in [0.15, 0.2) is 0 Å². The maximum atomic E-state index is 10.9. The number of hydrogen-bond acceptors (Lipinski definition) is 2. The van der Waals surface area contributed by atoms with Crippen LogP contribution in [-0.2, 0) is 9.53 Å². The molecule has 1 heterocycles. The van der Waals surface area contributed by atoms with Crippen molar-refractivity contribution in [3.63, 3.8) is 0 Å². The molecule has 1 saturated heterocycles. The molecule has 0 radical (unpaired) electrons. The van der Waals surface area contributed by atoms with E-state index in [4.69, 9.17) is 4.74 Å². The number of ether oxygens (including phenoxy) is 1. The molecule has 0 aromatic carbocycles. The van der Waals surface area contributed by atoms with Gasteiger partial charge in [0.25, 0.3) is 0 Å². The van der Waals surface area contributed by atoms with Crippen molar-refractivity contribution in [2.45, 2.75) is 18.8 Å². The van der Waals surface area contributed by atoms with Gasteiger partial charge in [0.2, 0.25) is 0 Å². The first kappa shape index (κ1) is 13.2. The molecule has 0 unspecified atom stereocenters. The summed E-state index contributed by atoms with van der Waals surface area (Å²) in [6.07, 6.45) is -10.4. The van der Waals surface area contributed by atoms with Crippen molar-refractivity contribution >= 4 is 5.78 Å². The SMILES string of the molecule is C1COC1.O=C(C(F)(F)F)C(F)(F)F. The van der Waals surface area contributed by atoms with Crippen LogP contribution in [0.1, 0.15) is 6.42 Å². The fraction of sp³-hybridized carbons (Fsp3) is 0.833. The molecule has 0 bridgehead atoms. The Kier molecular flexibility index (Phi) is 4.37. The average molecular weight is 224 g/mol. The molecule has 0 aromatic heterocycles. The Morgan fingerprint density at radius 3 is 1.14 bits per heavy atom. The zero-order chi connectivity index (χ0) is 11.4. The molecule has 0 atom stereocenters. The van der Waals surface area contributed by atoms with Gasteiger partial charge in [-0.3, -0.25) is 4.79 Å². The molecule has 8 heteroatoms. The lowest BCUT2D eigenvalue weighted by Gasteiger charge is -2.09. The lowest BCUT2D eigenvalue weighted by atomic mass is 10.4. The van der Waals surface area contributed by atoms with Crippen molar-refractivity contribution < 1.29 is 35.9 Å². The van der Waals surface area contributed by atoms with E-state index in [1.165, 1.54) is 6.42 Å². The average Bonchev–Trinajstić information content (AvgIpc) is 1.77. The molecular weight excluding hydrogens is 218 g/mol. The van der Waals surface area contributed by atoms with Crippen molar-refractivity contribution in [3.8, 4) is 0 Å². The van der Waals surface area contributed by atoms with Crippen LogP contribution < -0.4 is 0 Å². The Hall–Kier alpha value is -0.790. The van der Waals surface area contributed by atoms with Crippen LogP contribution in [-0.4, -0.2) is 31.3 Å². The van der Waals surface area contributed by atoms with Crippen LogP contribution in [0.3, 0.4) is 0 Å². The summed E-state index contributed by atoms with van der Waals surface area (Å²) in [5.41, 5.74) is 0. The quantitative estimate of drug-likeness (QED) is 0.589. The summed E-state index contributed by atoms with van der Waals surface area (Å²) in [7, 11) is 0. The zero-order valence-corrected chi connectivity index (χ0v) is 6.71. The molecule has 0 aliphatic carbocycles. The number of rotatable bonds is 0. The van der Waals surface area contributed by atoms with Gasteiger partial charge < -0.3 is 4.74 Å². The lowest BCUT2D eigenvalue weighted by Crippen LogP contribution is -2.36. The van der Waals surface area contributed by atoms with Crippen LogP contribution in [0.25, 0.3) is 0 Å². The van der Waals surface area contributed by atoms with Gasteiger partial charge in [0.1, 0.15) is 0 Å². The van der Waals surface area contributed by atoms with Crippen molar-refractivity contribution in [2.24, 2.45) is 0 Å². The monoisotopic (exact) mass is 224 g/mol. The Morgan fingerprint density at radius 2 is 1.14 bits per heavy atom. The fourth-order valence-electron chi connectivity index (χ4n) is 0.305. The standard InChI is InChI=1S/C3F6O.C3H6O/c4-2(5,6)1(10)3(7,8)9;1-2-4-3-1/h;1-3H2. The molecule has 14 heavy (non-hydrogen) atoms. The van der Waals surface area contributed by atoms with E-state index in [0.717, 1.165) is 13.2 Å². The van der Waals surface area contributed by atoms with Crippen LogP contribution >= 0.6 is 0 Å². The second kappa shape index (κ2) is 4.63. The minimum atomic E-state index is -5.82. The summed E-state index contributed by atoms with van der Waals surface area (Å²) in [5, 5.41) is 0. The number of ketones is 1. The maximum absolute atomic E-state index is 10.9. The molecule has 1 rings (SSSR count). The van der Waals surface area contributed by atoms with Crippen LogP contribution in [0.2, 0.25) is 0 Å². The topological polar surface area (TPSA) is 26.3 Å². The summed E-state index contributed by atoms with van der Waals surface area (Å²) < 4.78 is 70.0. The van der Waals surface area contributed by atoms with E-state index in [1.54, 1.807) is 0 Å². The Bertz CT molecular complexity index is 169. The minimum Gasteiger partial charge on any atom is -0.381 e. The van der Waals surface area contributed by atoms with Gasteiger partial charge >= 0.3 is 18.1 Å². The highest BCUT2D eigenvalue weighted by Gasteiger charge is 2.55. The second-order valence-corrected chi connectivity index (χ2v) is 2.29. The first-order valence-corrected chi connectivity index (χ1v) is 3.42. The van der Waals surface area contributed by atoms with Gasteiger partial charge in [-0.15, -0.1) is 0 Å². The number of carbonyl (C=O) groups excluding carboxylic acids is 1. The highest BCUT2D eigenvalue weighted by Crippen LogP contribution is 2.28.